The first-order valence-corrected chi connectivity index (χ1v) is 10.5. The predicted molar refractivity (Wildman–Crippen MR) is 112 cm³/mol. The van der Waals surface area contributed by atoms with E-state index in [4.69, 9.17) is 11.6 Å². The van der Waals surface area contributed by atoms with Crippen LogP contribution in [0.25, 0.3) is 0 Å². The summed E-state index contributed by atoms with van der Waals surface area (Å²) in [6.07, 6.45) is 0. The van der Waals surface area contributed by atoms with E-state index in [0.29, 0.717) is 10.6 Å². The van der Waals surface area contributed by atoms with Gasteiger partial charge in [0.15, 0.2) is 5.78 Å². The van der Waals surface area contributed by atoms with Crippen molar-refractivity contribution in [2.24, 2.45) is 0 Å². The summed E-state index contributed by atoms with van der Waals surface area (Å²) in [5, 5.41) is 2.88. The highest BCUT2D eigenvalue weighted by Gasteiger charge is 2.18. The molecule has 3 aromatic carbocycles. The number of ketones is 1. The molecule has 0 saturated heterocycles. The van der Waals surface area contributed by atoms with E-state index >= 15 is 0 Å². The van der Waals surface area contributed by atoms with Gasteiger partial charge in [-0.3, -0.25) is 9.59 Å². The van der Waals surface area contributed by atoms with Gasteiger partial charge in [0.2, 0.25) is 15.9 Å². The summed E-state index contributed by atoms with van der Waals surface area (Å²) in [6, 6.07) is 20.8. The molecular weight excluding hydrogens is 412 g/mol. The molecule has 0 fully saturated rings. The lowest BCUT2D eigenvalue weighted by Gasteiger charge is -2.12. The Morgan fingerprint density at radius 3 is 2.14 bits per heavy atom. The molecule has 0 aliphatic carbocycles. The van der Waals surface area contributed by atoms with Crippen LogP contribution in [-0.2, 0) is 14.8 Å². The molecule has 0 bridgehead atoms. The first-order chi connectivity index (χ1) is 13.9. The summed E-state index contributed by atoms with van der Waals surface area (Å²) >= 11 is 6.01. The molecule has 0 atom stereocenters. The minimum absolute atomic E-state index is 0.0514. The third-order valence-electron chi connectivity index (χ3n) is 4.01. The first kappa shape index (κ1) is 20.7. The average molecular weight is 429 g/mol. The number of sulfonamides is 1. The van der Waals surface area contributed by atoms with E-state index in [-0.39, 0.29) is 21.9 Å². The fourth-order valence-corrected chi connectivity index (χ4v) is 3.78. The van der Waals surface area contributed by atoms with Crippen molar-refractivity contribution in [3.05, 3.63) is 95.0 Å². The van der Waals surface area contributed by atoms with Gasteiger partial charge < -0.3 is 5.32 Å². The molecule has 3 rings (SSSR count). The number of rotatable bonds is 7. The summed E-state index contributed by atoms with van der Waals surface area (Å²) in [5.41, 5.74) is 0.908. The molecule has 0 heterocycles. The Morgan fingerprint density at radius 2 is 1.48 bits per heavy atom. The van der Waals surface area contributed by atoms with Gasteiger partial charge in [-0.25, -0.2) is 13.1 Å². The topological polar surface area (TPSA) is 92.3 Å². The van der Waals surface area contributed by atoms with Gasteiger partial charge in [-0.05, 0) is 30.3 Å². The molecule has 0 aliphatic rings. The van der Waals surface area contributed by atoms with Crippen LogP contribution >= 0.6 is 11.6 Å². The average Bonchev–Trinajstić information content (AvgIpc) is 2.73. The fraction of sp³-hybridized carbons (Fsp3) is 0.0476. The van der Waals surface area contributed by atoms with E-state index in [1.54, 1.807) is 54.6 Å². The van der Waals surface area contributed by atoms with E-state index in [9.17, 15) is 18.0 Å². The largest absolute Gasteiger partial charge is 0.324 e. The van der Waals surface area contributed by atoms with Gasteiger partial charge in [0.1, 0.15) is 0 Å². The predicted octanol–water partition coefficient (Wildman–Crippen LogP) is 3.49. The van der Waals surface area contributed by atoms with E-state index in [1.807, 2.05) is 0 Å². The number of hydrogen-bond acceptors (Lipinski definition) is 4. The van der Waals surface area contributed by atoms with Crippen molar-refractivity contribution in [1.29, 1.82) is 0 Å². The molecule has 0 unspecified atom stereocenters. The zero-order chi connectivity index (χ0) is 20.9. The van der Waals surface area contributed by atoms with Gasteiger partial charge in [0.05, 0.1) is 17.1 Å². The quantitative estimate of drug-likeness (QED) is 0.563. The van der Waals surface area contributed by atoms with Crippen molar-refractivity contribution in [2.75, 3.05) is 11.9 Å². The lowest BCUT2D eigenvalue weighted by molar-refractivity contribution is -0.115. The number of benzene rings is 3. The summed E-state index contributed by atoms with van der Waals surface area (Å²) in [5.74, 6) is -0.920. The molecule has 6 nitrogen and oxygen atoms in total. The molecule has 2 N–H and O–H groups in total. The second-order valence-electron chi connectivity index (χ2n) is 6.07. The van der Waals surface area contributed by atoms with Crippen molar-refractivity contribution < 1.29 is 18.0 Å². The highest BCUT2D eigenvalue weighted by Crippen LogP contribution is 2.24. The molecular formula is C21H17ClN2O4S. The second-order valence-corrected chi connectivity index (χ2v) is 8.27. The minimum Gasteiger partial charge on any atom is -0.324 e. The molecule has 8 heteroatoms. The van der Waals surface area contributed by atoms with E-state index in [1.165, 1.54) is 24.3 Å². The normalized spacial score (nSPS) is 11.1. The molecule has 0 saturated carbocycles. The Balaban J connectivity index is 1.75. The molecule has 0 spiro atoms. The van der Waals surface area contributed by atoms with Crippen LogP contribution < -0.4 is 10.0 Å². The monoisotopic (exact) mass is 428 g/mol. The van der Waals surface area contributed by atoms with Crippen molar-refractivity contribution in [2.45, 2.75) is 4.90 Å². The summed E-state index contributed by atoms with van der Waals surface area (Å²) in [6.45, 7) is -0.497. The standard InChI is InChI=1S/C21H17ClN2O4S/c22-16-11-12-18(21(26)15-7-3-1-4-8-15)19(13-16)24-20(25)14-23-29(27,28)17-9-5-2-6-10-17/h1-13,23H,14H2,(H,24,25). The summed E-state index contributed by atoms with van der Waals surface area (Å²) < 4.78 is 26.7. The minimum atomic E-state index is -3.83. The number of nitrogens with one attached hydrogen (secondary N) is 2. The number of amides is 1. The van der Waals surface area contributed by atoms with Crippen LogP contribution in [0.3, 0.4) is 0 Å². The SMILES string of the molecule is O=C(CNS(=O)(=O)c1ccccc1)Nc1cc(Cl)ccc1C(=O)c1ccccc1. The first-order valence-electron chi connectivity index (χ1n) is 8.61. The van der Waals surface area contributed by atoms with Crippen molar-refractivity contribution in [3.63, 3.8) is 0 Å². The van der Waals surface area contributed by atoms with Crippen LogP contribution in [-0.4, -0.2) is 26.7 Å². The fourth-order valence-electron chi connectivity index (χ4n) is 2.60. The third-order valence-corrected chi connectivity index (χ3v) is 5.66. The van der Waals surface area contributed by atoms with Gasteiger partial charge >= 0.3 is 0 Å². The zero-order valence-corrected chi connectivity index (χ0v) is 16.7. The highest BCUT2D eigenvalue weighted by atomic mass is 35.5. The van der Waals surface area contributed by atoms with E-state index in [2.05, 4.69) is 10.0 Å². The van der Waals surface area contributed by atoms with Crippen LogP contribution in [0.1, 0.15) is 15.9 Å². The van der Waals surface area contributed by atoms with Crippen LogP contribution in [0.15, 0.2) is 83.8 Å². The van der Waals surface area contributed by atoms with E-state index in [0.717, 1.165) is 0 Å². The molecule has 148 valence electrons. The number of carbonyl (C=O) groups is 2. The third kappa shape index (κ3) is 5.29. The summed E-state index contributed by atoms with van der Waals surface area (Å²) in [4.78, 5) is 25.1. The molecule has 0 aliphatic heterocycles. The van der Waals surface area contributed by atoms with Crippen molar-refractivity contribution in [1.82, 2.24) is 4.72 Å². The molecule has 29 heavy (non-hydrogen) atoms. The van der Waals surface area contributed by atoms with Gasteiger partial charge in [0.25, 0.3) is 0 Å². The highest BCUT2D eigenvalue weighted by molar-refractivity contribution is 7.89. The maximum atomic E-state index is 12.8. The lowest BCUT2D eigenvalue weighted by atomic mass is 10.0. The van der Waals surface area contributed by atoms with Gasteiger partial charge in [-0.15, -0.1) is 0 Å². The number of anilines is 1. The van der Waals surface area contributed by atoms with Crippen LogP contribution in [0, 0.1) is 0 Å². The van der Waals surface area contributed by atoms with Crippen LogP contribution in [0.5, 0.6) is 0 Å². The Bertz CT molecular complexity index is 1130. The van der Waals surface area contributed by atoms with Gasteiger partial charge in [0, 0.05) is 16.1 Å². The van der Waals surface area contributed by atoms with Crippen LogP contribution in [0.2, 0.25) is 5.02 Å². The Labute approximate surface area is 173 Å². The van der Waals surface area contributed by atoms with Gasteiger partial charge in [-0.1, -0.05) is 60.1 Å². The Morgan fingerprint density at radius 1 is 0.862 bits per heavy atom. The molecule has 3 aromatic rings. The molecule has 0 radical (unpaired) electrons. The van der Waals surface area contributed by atoms with E-state index < -0.39 is 22.5 Å². The Hall–Kier alpha value is -3.00. The van der Waals surface area contributed by atoms with Crippen molar-refractivity contribution >= 4 is 39.0 Å². The van der Waals surface area contributed by atoms with Gasteiger partial charge in [-0.2, -0.15) is 0 Å². The zero-order valence-electron chi connectivity index (χ0n) is 15.1. The molecule has 1 amide bonds. The smallest absolute Gasteiger partial charge is 0.241 e. The number of carbonyl (C=O) groups excluding carboxylic acids is 2. The molecule has 0 aromatic heterocycles. The van der Waals surface area contributed by atoms with Crippen LogP contribution in [0.4, 0.5) is 5.69 Å². The van der Waals surface area contributed by atoms with Crippen molar-refractivity contribution in [3.8, 4) is 0 Å². The Kier molecular flexibility index (Phi) is 6.43. The number of halogens is 1. The summed E-state index contributed by atoms with van der Waals surface area (Å²) in [7, 11) is -3.83. The lowest BCUT2D eigenvalue weighted by Crippen LogP contribution is -2.33. The maximum Gasteiger partial charge on any atom is 0.241 e. The number of hydrogen-bond donors (Lipinski definition) is 2. The maximum absolute atomic E-state index is 12.8. The second kappa shape index (κ2) is 9.00.